The Morgan fingerprint density at radius 1 is 0.963 bits per heavy atom. The number of thiocarbonyl (C=S) groups is 1. The van der Waals surface area contributed by atoms with Gasteiger partial charge in [-0.3, -0.25) is 0 Å². The van der Waals surface area contributed by atoms with Crippen LogP contribution in [0.5, 0.6) is 0 Å². The highest BCUT2D eigenvalue weighted by atomic mass is 32.1. The summed E-state index contributed by atoms with van der Waals surface area (Å²) in [6, 6.07) is 20.0. The lowest BCUT2D eigenvalue weighted by molar-refractivity contribution is 0.392. The third-order valence-electron chi connectivity index (χ3n) is 6.01. The van der Waals surface area contributed by atoms with E-state index in [-0.39, 0.29) is 0 Å². The maximum absolute atomic E-state index is 5.56. The van der Waals surface area contributed by atoms with Crippen LogP contribution < -0.4 is 15.5 Å². The van der Waals surface area contributed by atoms with Gasteiger partial charge in [0.15, 0.2) is 5.11 Å². The van der Waals surface area contributed by atoms with Gasteiger partial charge in [-0.15, -0.1) is 0 Å². The Balaban J connectivity index is 1.40. The summed E-state index contributed by atoms with van der Waals surface area (Å²) in [5, 5.41) is 7.67. The molecule has 0 spiro atoms. The molecule has 142 valence electrons. The monoisotopic (exact) mass is 379 g/mol. The van der Waals surface area contributed by atoms with E-state index in [1.807, 2.05) is 0 Å². The van der Waals surface area contributed by atoms with E-state index in [2.05, 4.69) is 84.0 Å². The Bertz CT molecular complexity index is 772. The Hall–Kier alpha value is -2.07. The molecule has 0 aliphatic heterocycles. The van der Waals surface area contributed by atoms with E-state index < -0.39 is 0 Å². The highest BCUT2D eigenvalue weighted by Gasteiger charge is 2.39. The number of rotatable bonds is 5. The molecule has 0 amide bonds. The van der Waals surface area contributed by atoms with E-state index in [0.29, 0.717) is 12.1 Å². The van der Waals surface area contributed by atoms with Crippen LogP contribution in [0.1, 0.15) is 39.5 Å². The molecular weight excluding hydrogens is 350 g/mol. The number of hydrogen-bond donors (Lipinski definition) is 2. The summed E-state index contributed by atoms with van der Waals surface area (Å²) < 4.78 is 0. The number of benzene rings is 2. The Morgan fingerprint density at radius 3 is 2.26 bits per heavy atom. The van der Waals surface area contributed by atoms with Gasteiger partial charge >= 0.3 is 0 Å². The van der Waals surface area contributed by atoms with Gasteiger partial charge in [-0.25, -0.2) is 0 Å². The fraction of sp³-hybridized carbons (Fsp3) is 0.435. The lowest BCUT2D eigenvalue weighted by Crippen LogP contribution is -2.40. The zero-order valence-corrected chi connectivity index (χ0v) is 17.0. The molecule has 2 saturated carbocycles. The summed E-state index contributed by atoms with van der Waals surface area (Å²) in [6.45, 7) is 4.43. The molecule has 2 aliphatic rings. The molecule has 3 atom stereocenters. The average Bonchev–Trinajstić information content (AvgIpc) is 3.27. The fourth-order valence-corrected chi connectivity index (χ4v) is 5.07. The maximum Gasteiger partial charge on any atom is 0.171 e. The van der Waals surface area contributed by atoms with Gasteiger partial charge in [-0.1, -0.05) is 24.6 Å². The minimum absolute atomic E-state index is 0.381. The van der Waals surface area contributed by atoms with Crippen LogP contribution in [0.25, 0.3) is 0 Å². The normalized spacial score (nSPS) is 23.4. The molecule has 0 radical (unpaired) electrons. The first-order valence-electron chi connectivity index (χ1n) is 10.1. The number of nitrogens with one attached hydrogen (secondary N) is 2. The third-order valence-corrected chi connectivity index (χ3v) is 6.23. The Morgan fingerprint density at radius 2 is 1.67 bits per heavy atom. The number of hydrogen-bond acceptors (Lipinski definition) is 2. The van der Waals surface area contributed by atoms with E-state index in [1.54, 1.807) is 0 Å². The van der Waals surface area contributed by atoms with Crippen molar-refractivity contribution in [2.24, 2.45) is 11.8 Å². The first-order chi connectivity index (χ1) is 13.1. The van der Waals surface area contributed by atoms with Crippen molar-refractivity contribution in [3.05, 3.63) is 54.6 Å². The van der Waals surface area contributed by atoms with Crippen LogP contribution in [0.3, 0.4) is 0 Å². The van der Waals surface area contributed by atoms with Crippen molar-refractivity contribution >= 4 is 34.4 Å². The molecule has 2 fully saturated rings. The minimum atomic E-state index is 0.381. The molecule has 2 aromatic rings. The van der Waals surface area contributed by atoms with Gasteiger partial charge in [-0.05, 0) is 93.6 Å². The molecule has 0 saturated heterocycles. The molecule has 4 rings (SSSR count). The molecule has 4 heteroatoms. The van der Waals surface area contributed by atoms with Gasteiger partial charge in [0.05, 0.1) is 0 Å². The topological polar surface area (TPSA) is 27.3 Å². The average molecular weight is 380 g/mol. The van der Waals surface area contributed by atoms with E-state index in [0.717, 1.165) is 22.6 Å². The zero-order chi connectivity index (χ0) is 18.8. The summed E-state index contributed by atoms with van der Waals surface area (Å²) >= 11 is 5.56. The lowest BCUT2D eigenvalue weighted by atomic mass is 9.96. The first-order valence-corrected chi connectivity index (χ1v) is 10.5. The molecule has 2 N–H and O–H groups in total. The van der Waals surface area contributed by atoms with E-state index in [4.69, 9.17) is 12.2 Å². The van der Waals surface area contributed by atoms with Crippen molar-refractivity contribution in [3.8, 4) is 0 Å². The second-order valence-electron chi connectivity index (χ2n) is 8.23. The van der Waals surface area contributed by atoms with Crippen molar-refractivity contribution in [2.45, 2.75) is 51.6 Å². The molecule has 0 heterocycles. The first kappa shape index (κ1) is 18.3. The second-order valence-corrected chi connectivity index (χ2v) is 8.63. The van der Waals surface area contributed by atoms with Gasteiger partial charge < -0.3 is 15.5 Å². The smallest absolute Gasteiger partial charge is 0.171 e. The fourth-order valence-electron chi connectivity index (χ4n) is 4.80. The van der Waals surface area contributed by atoms with Gasteiger partial charge in [0.25, 0.3) is 0 Å². The molecular formula is C23H29N3S. The molecule has 0 aromatic heterocycles. The van der Waals surface area contributed by atoms with Crippen LogP contribution in [0.4, 0.5) is 17.1 Å². The van der Waals surface area contributed by atoms with Crippen molar-refractivity contribution in [1.82, 2.24) is 5.32 Å². The third kappa shape index (κ3) is 4.11. The minimum Gasteiger partial charge on any atom is -0.359 e. The van der Waals surface area contributed by atoms with Crippen LogP contribution in [0.15, 0.2) is 54.6 Å². The highest BCUT2D eigenvalue weighted by molar-refractivity contribution is 7.80. The summed E-state index contributed by atoms with van der Waals surface area (Å²) in [4.78, 5) is 2.34. The van der Waals surface area contributed by atoms with E-state index in [1.165, 1.54) is 37.1 Å². The Kier molecular flexibility index (Phi) is 5.35. The van der Waals surface area contributed by atoms with Gasteiger partial charge in [0.2, 0.25) is 0 Å². The van der Waals surface area contributed by atoms with Crippen molar-refractivity contribution in [3.63, 3.8) is 0 Å². The number of para-hydroxylation sites is 1. The molecule has 2 bridgehead atoms. The van der Waals surface area contributed by atoms with Gasteiger partial charge in [-0.2, -0.15) is 0 Å². The van der Waals surface area contributed by atoms with Crippen LogP contribution in [0, 0.1) is 11.8 Å². The van der Waals surface area contributed by atoms with Crippen molar-refractivity contribution in [1.29, 1.82) is 0 Å². The van der Waals surface area contributed by atoms with Crippen molar-refractivity contribution < 1.29 is 0 Å². The van der Waals surface area contributed by atoms with Crippen LogP contribution in [0.2, 0.25) is 0 Å². The Labute approximate surface area is 168 Å². The summed E-state index contributed by atoms with van der Waals surface area (Å²) in [5.41, 5.74) is 3.44. The lowest BCUT2D eigenvalue weighted by Gasteiger charge is -2.29. The molecule has 3 nitrogen and oxygen atoms in total. The summed E-state index contributed by atoms with van der Waals surface area (Å²) in [6.07, 6.45) is 5.45. The largest absolute Gasteiger partial charge is 0.359 e. The van der Waals surface area contributed by atoms with Crippen LogP contribution in [-0.4, -0.2) is 17.2 Å². The molecule has 2 aliphatic carbocycles. The van der Waals surface area contributed by atoms with Crippen LogP contribution in [-0.2, 0) is 0 Å². The zero-order valence-electron chi connectivity index (χ0n) is 16.2. The van der Waals surface area contributed by atoms with Crippen molar-refractivity contribution in [2.75, 3.05) is 10.2 Å². The number of nitrogens with zero attached hydrogens (tertiary/aromatic N) is 1. The number of fused-ring (bicyclic) bond motifs is 2. The maximum atomic E-state index is 5.56. The molecule has 27 heavy (non-hydrogen) atoms. The summed E-state index contributed by atoms with van der Waals surface area (Å²) in [7, 11) is 0. The van der Waals surface area contributed by atoms with E-state index in [9.17, 15) is 0 Å². The predicted octanol–water partition coefficient (Wildman–Crippen LogP) is 5.71. The molecule has 0 unspecified atom stereocenters. The van der Waals surface area contributed by atoms with Gasteiger partial charge in [0.1, 0.15) is 0 Å². The van der Waals surface area contributed by atoms with Gasteiger partial charge in [0, 0.05) is 29.1 Å². The quantitative estimate of drug-likeness (QED) is 0.651. The van der Waals surface area contributed by atoms with Crippen LogP contribution >= 0.6 is 12.2 Å². The summed E-state index contributed by atoms with van der Waals surface area (Å²) in [5.74, 6) is 1.75. The molecule has 2 aromatic carbocycles. The SMILES string of the molecule is CC(C)N(c1ccccc1)c1ccc(NC(=S)N[C@H]2C[C@H]3CC[C@@H]2C3)cc1. The predicted molar refractivity (Wildman–Crippen MR) is 119 cm³/mol. The highest BCUT2D eigenvalue weighted by Crippen LogP contribution is 2.44. The van der Waals surface area contributed by atoms with E-state index >= 15 is 0 Å². The number of anilines is 3. The standard InChI is InChI=1S/C23H29N3S/c1-16(2)26(20-6-4-3-5-7-20)21-12-10-19(11-13-21)24-23(27)25-22-15-17-8-9-18(22)14-17/h3-7,10-13,16-18,22H,8-9,14-15H2,1-2H3,(H2,24,25,27)/t17-,18+,22-/m0/s1. The second kappa shape index (κ2) is 7.89.